The summed E-state index contributed by atoms with van der Waals surface area (Å²) < 4.78 is 30.5. The smallest absolute Gasteiger partial charge is 0.272 e. The third-order valence-corrected chi connectivity index (χ3v) is 3.67. The Hall–Kier alpha value is -0.390. The summed E-state index contributed by atoms with van der Waals surface area (Å²) in [6, 6.07) is 1.71. The summed E-state index contributed by atoms with van der Waals surface area (Å²) in [4.78, 5) is 0. The molecule has 0 saturated heterocycles. The molecule has 0 aliphatic heterocycles. The molecule has 0 bridgehead atoms. The van der Waals surface area contributed by atoms with E-state index < -0.39 is 15.4 Å². The van der Waals surface area contributed by atoms with Crippen molar-refractivity contribution in [3.8, 4) is 0 Å². The second-order valence-corrected chi connectivity index (χ2v) is 4.85. The lowest BCUT2D eigenvalue weighted by molar-refractivity contribution is 0.466. The molecular formula is C7H10O3S2. The molecule has 1 aromatic rings. The van der Waals surface area contributed by atoms with E-state index in [1.54, 1.807) is 23.8 Å². The molecule has 12 heavy (non-hydrogen) atoms. The van der Waals surface area contributed by atoms with E-state index in [9.17, 15) is 8.42 Å². The van der Waals surface area contributed by atoms with Gasteiger partial charge in [0.25, 0.3) is 10.1 Å². The van der Waals surface area contributed by atoms with Crippen molar-refractivity contribution < 1.29 is 13.0 Å². The minimum Gasteiger partial charge on any atom is -0.285 e. The molecule has 0 aliphatic carbocycles. The van der Waals surface area contributed by atoms with E-state index in [2.05, 4.69) is 0 Å². The van der Waals surface area contributed by atoms with Gasteiger partial charge in [-0.15, -0.1) is 0 Å². The molecular weight excluding hydrogens is 196 g/mol. The molecule has 0 spiro atoms. The first-order valence-electron chi connectivity index (χ1n) is 3.54. The van der Waals surface area contributed by atoms with Gasteiger partial charge in [0.05, 0.1) is 0 Å². The summed E-state index contributed by atoms with van der Waals surface area (Å²) in [5, 5.41) is 2.77. The largest absolute Gasteiger partial charge is 0.285 e. The number of hydrogen-bond acceptors (Lipinski definition) is 3. The lowest BCUT2D eigenvalue weighted by atomic mass is 10.2. The van der Waals surface area contributed by atoms with Gasteiger partial charge in [0.2, 0.25) is 0 Å². The molecule has 0 aliphatic rings. The molecule has 0 fully saturated rings. The van der Waals surface area contributed by atoms with Crippen molar-refractivity contribution in [3.63, 3.8) is 0 Å². The first-order valence-corrected chi connectivity index (χ1v) is 5.98. The van der Waals surface area contributed by atoms with Crippen molar-refractivity contribution in [1.29, 1.82) is 0 Å². The molecule has 1 unspecified atom stereocenters. The average molecular weight is 206 g/mol. The third kappa shape index (κ3) is 2.06. The van der Waals surface area contributed by atoms with Gasteiger partial charge in [-0.1, -0.05) is 6.92 Å². The molecule has 1 N–H and O–H groups in total. The minimum absolute atomic E-state index is 0.398. The van der Waals surface area contributed by atoms with E-state index in [-0.39, 0.29) is 0 Å². The fourth-order valence-electron chi connectivity index (χ4n) is 1.08. The van der Waals surface area contributed by atoms with Gasteiger partial charge in [-0.3, -0.25) is 4.55 Å². The maximum Gasteiger partial charge on any atom is 0.272 e. The molecule has 3 nitrogen and oxygen atoms in total. The predicted octanol–water partition coefficient (Wildman–Crippen LogP) is 2.09. The lowest BCUT2D eigenvalue weighted by Crippen LogP contribution is -2.10. The Bertz CT molecular complexity index is 326. The lowest BCUT2D eigenvalue weighted by Gasteiger charge is -2.08. The van der Waals surface area contributed by atoms with Crippen LogP contribution in [0.1, 0.15) is 24.2 Å². The minimum atomic E-state index is -3.93. The van der Waals surface area contributed by atoms with Crippen LogP contribution in [0.15, 0.2) is 16.8 Å². The van der Waals surface area contributed by atoms with Gasteiger partial charge in [-0.25, -0.2) is 0 Å². The van der Waals surface area contributed by atoms with E-state index in [0.29, 0.717) is 12.0 Å². The van der Waals surface area contributed by atoms with Crippen LogP contribution >= 0.6 is 11.3 Å². The van der Waals surface area contributed by atoms with Crippen LogP contribution in [0.2, 0.25) is 0 Å². The Morgan fingerprint density at radius 1 is 1.67 bits per heavy atom. The summed E-state index contributed by atoms with van der Waals surface area (Å²) in [5.74, 6) is 0. The summed E-state index contributed by atoms with van der Waals surface area (Å²) in [7, 11) is -3.93. The van der Waals surface area contributed by atoms with Gasteiger partial charge in [0.1, 0.15) is 5.25 Å². The van der Waals surface area contributed by atoms with E-state index >= 15 is 0 Å². The molecule has 1 atom stereocenters. The van der Waals surface area contributed by atoms with Crippen LogP contribution < -0.4 is 0 Å². The zero-order valence-electron chi connectivity index (χ0n) is 6.60. The zero-order chi connectivity index (χ0) is 9.19. The second kappa shape index (κ2) is 3.55. The standard InChI is InChI=1S/C7H10O3S2/c1-2-7(12(8,9)10)6-3-4-11-5-6/h3-5,7H,2H2,1H3,(H,8,9,10). The maximum atomic E-state index is 10.8. The topological polar surface area (TPSA) is 54.4 Å². The van der Waals surface area contributed by atoms with Gasteiger partial charge < -0.3 is 0 Å². The van der Waals surface area contributed by atoms with Crippen molar-refractivity contribution in [2.24, 2.45) is 0 Å². The van der Waals surface area contributed by atoms with Crippen LogP contribution in [0, 0.1) is 0 Å². The Labute approximate surface area is 75.8 Å². The number of rotatable bonds is 3. The molecule has 0 saturated carbocycles. The Morgan fingerprint density at radius 2 is 2.33 bits per heavy atom. The Balaban J connectivity index is 3.00. The van der Waals surface area contributed by atoms with E-state index in [1.807, 2.05) is 0 Å². The highest BCUT2D eigenvalue weighted by molar-refractivity contribution is 7.86. The molecule has 0 aromatic carbocycles. The summed E-state index contributed by atoms with van der Waals surface area (Å²) in [5.41, 5.74) is 0.671. The van der Waals surface area contributed by atoms with Gasteiger partial charge >= 0.3 is 0 Å². The van der Waals surface area contributed by atoms with Gasteiger partial charge in [-0.2, -0.15) is 19.8 Å². The second-order valence-electron chi connectivity index (χ2n) is 2.47. The summed E-state index contributed by atoms with van der Waals surface area (Å²) >= 11 is 1.42. The summed E-state index contributed by atoms with van der Waals surface area (Å²) in [6.07, 6.45) is 0.398. The van der Waals surface area contributed by atoms with Crippen molar-refractivity contribution >= 4 is 21.5 Å². The molecule has 0 amide bonds. The van der Waals surface area contributed by atoms with Crippen molar-refractivity contribution in [1.82, 2.24) is 0 Å². The Morgan fingerprint density at radius 3 is 2.67 bits per heavy atom. The molecule has 5 heteroatoms. The van der Waals surface area contributed by atoms with Crippen molar-refractivity contribution in [2.75, 3.05) is 0 Å². The van der Waals surface area contributed by atoms with Crippen LogP contribution in [0.5, 0.6) is 0 Å². The van der Waals surface area contributed by atoms with Crippen LogP contribution in [-0.4, -0.2) is 13.0 Å². The fourth-order valence-corrected chi connectivity index (χ4v) is 2.79. The monoisotopic (exact) mass is 206 g/mol. The van der Waals surface area contributed by atoms with Crippen LogP contribution in [0.4, 0.5) is 0 Å². The van der Waals surface area contributed by atoms with Crippen molar-refractivity contribution in [2.45, 2.75) is 18.6 Å². The normalized spacial score (nSPS) is 14.5. The summed E-state index contributed by atoms with van der Waals surface area (Å²) in [6.45, 7) is 1.73. The van der Waals surface area contributed by atoms with Crippen LogP contribution in [-0.2, 0) is 10.1 Å². The first-order chi connectivity index (χ1) is 5.55. The van der Waals surface area contributed by atoms with Gasteiger partial charge in [0.15, 0.2) is 0 Å². The highest BCUT2D eigenvalue weighted by Gasteiger charge is 2.22. The number of hydrogen-bond donors (Lipinski definition) is 1. The molecule has 68 valence electrons. The highest BCUT2D eigenvalue weighted by Crippen LogP contribution is 2.26. The SMILES string of the molecule is CCC(c1ccsc1)S(=O)(=O)O. The molecule has 0 radical (unpaired) electrons. The van der Waals surface area contributed by atoms with Crippen molar-refractivity contribution in [3.05, 3.63) is 22.4 Å². The first kappa shape index (κ1) is 9.70. The van der Waals surface area contributed by atoms with Crippen LogP contribution in [0.3, 0.4) is 0 Å². The van der Waals surface area contributed by atoms with Crippen LogP contribution in [0.25, 0.3) is 0 Å². The van der Waals surface area contributed by atoms with E-state index in [0.717, 1.165) is 0 Å². The number of thiophene rings is 1. The zero-order valence-corrected chi connectivity index (χ0v) is 8.23. The van der Waals surface area contributed by atoms with Gasteiger partial charge in [0, 0.05) is 0 Å². The van der Waals surface area contributed by atoms with Gasteiger partial charge in [-0.05, 0) is 28.8 Å². The maximum absolute atomic E-state index is 10.8. The molecule has 1 heterocycles. The quantitative estimate of drug-likeness (QED) is 0.770. The fraction of sp³-hybridized carbons (Fsp3) is 0.429. The highest BCUT2D eigenvalue weighted by atomic mass is 32.2. The molecule has 1 rings (SSSR count). The third-order valence-electron chi connectivity index (χ3n) is 1.65. The average Bonchev–Trinajstić information content (AvgIpc) is 2.38. The van der Waals surface area contributed by atoms with E-state index in [1.165, 1.54) is 11.3 Å². The molecule has 1 aromatic heterocycles. The van der Waals surface area contributed by atoms with E-state index in [4.69, 9.17) is 4.55 Å². The predicted molar refractivity (Wildman–Crippen MR) is 48.9 cm³/mol. The Kier molecular flexibility index (Phi) is 2.87.